The van der Waals surface area contributed by atoms with Gasteiger partial charge < -0.3 is 20.7 Å². The van der Waals surface area contributed by atoms with E-state index in [1.54, 1.807) is 12.1 Å². The Morgan fingerprint density at radius 2 is 1.45 bits per heavy atom. The summed E-state index contributed by atoms with van der Waals surface area (Å²) in [4.78, 5) is 25.2. The van der Waals surface area contributed by atoms with E-state index in [1.165, 1.54) is 29.8 Å². The molecule has 0 fully saturated rings. The zero-order chi connectivity index (χ0) is 28.4. The van der Waals surface area contributed by atoms with E-state index in [0.717, 1.165) is 25.0 Å². The van der Waals surface area contributed by atoms with Crippen molar-refractivity contribution in [2.75, 3.05) is 29.1 Å². The number of aryl methyl sites for hydroxylation is 1. The topological polar surface area (TPSA) is 79.5 Å². The Balaban J connectivity index is 1.28. The number of para-hydroxylation sites is 2. The summed E-state index contributed by atoms with van der Waals surface area (Å²) < 4.78 is 44.8. The van der Waals surface area contributed by atoms with Crippen LogP contribution in [0.5, 0.6) is 5.75 Å². The Bertz CT molecular complexity index is 1440. The maximum absolute atomic E-state index is 13.0. The minimum Gasteiger partial charge on any atom is -0.491 e. The number of hydrogen-bond acceptors (Lipinski definition) is 4. The molecule has 0 radical (unpaired) electrons. The molecule has 0 heterocycles. The van der Waals surface area contributed by atoms with E-state index in [0.29, 0.717) is 23.7 Å². The first-order valence-corrected chi connectivity index (χ1v) is 12.7. The summed E-state index contributed by atoms with van der Waals surface area (Å²) >= 11 is 0. The maximum atomic E-state index is 13.0. The number of alkyl halides is 3. The van der Waals surface area contributed by atoms with Crippen LogP contribution in [-0.4, -0.2) is 25.0 Å². The lowest BCUT2D eigenvalue weighted by atomic mass is 10.1. The van der Waals surface area contributed by atoms with E-state index < -0.39 is 17.6 Å². The predicted molar refractivity (Wildman–Crippen MR) is 150 cm³/mol. The summed E-state index contributed by atoms with van der Waals surface area (Å²) in [5.74, 6) is -0.321. The summed E-state index contributed by atoms with van der Waals surface area (Å²) in [6.45, 7) is 0.472. The van der Waals surface area contributed by atoms with Crippen molar-refractivity contribution in [1.29, 1.82) is 0 Å². The van der Waals surface area contributed by atoms with Gasteiger partial charge in [0, 0.05) is 16.9 Å². The van der Waals surface area contributed by atoms with Gasteiger partial charge in [-0.05, 0) is 66.9 Å². The minimum absolute atomic E-state index is 0.0133. The maximum Gasteiger partial charge on any atom is 0.416 e. The number of benzene rings is 4. The number of carbonyl (C=O) groups excluding carboxylic acids is 2. The molecule has 40 heavy (non-hydrogen) atoms. The Morgan fingerprint density at radius 3 is 2.23 bits per heavy atom. The van der Waals surface area contributed by atoms with Crippen molar-refractivity contribution in [3.8, 4) is 5.75 Å². The van der Waals surface area contributed by atoms with Crippen LogP contribution >= 0.6 is 0 Å². The Hall–Kier alpha value is -4.79. The van der Waals surface area contributed by atoms with E-state index in [-0.39, 0.29) is 23.7 Å². The quantitative estimate of drug-likeness (QED) is 0.176. The van der Waals surface area contributed by atoms with Crippen molar-refractivity contribution in [3.63, 3.8) is 0 Å². The number of anilines is 3. The molecule has 0 saturated carbocycles. The van der Waals surface area contributed by atoms with Gasteiger partial charge in [-0.2, -0.15) is 13.2 Å². The van der Waals surface area contributed by atoms with Crippen molar-refractivity contribution in [1.82, 2.24) is 0 Å². The van der Waals surface area contributed by atoms with Crippen molar-refractivity contribution in [2.45, 2.75) is 19.0 Å². The molecule has 0 saturated heterocycles. The summed E-state index contributed by atoms with van der Waals surface area (Å²) in [5, 5.41) is 8.25. The molecule has 9 heteroatoms. The van der Waals surface area contributed by atoms with Crippen molar-refractivity contribution < 1.29 is 27.5 Å². The molecule has 206 valence electrons. The SMILES string of the molecule is O=C(CNc1ccccc1OCCCc1ccccc1)Nc1cccc(C(=O)Nc2cccc(C(F)(F)F)c2)c1. The Kier molecular flexibility index (Phi) is 9.40. The highest BCUT2D eigenvalue weighted by molar-refractivity contribution is 6.05. The summed E-state index contributed by atoms with van der Waals surface area (Å²) in [7, 11) is 0. The number of nitrogens with one attached hydrogen (secondary N) is 3. The van der Waals surface area contributed by atoms with Gasteiger partial charge in [-0.3, -0.25) is 9.59 Å². The molecule has 0 aliphatic rings. The third-order valence-electron chi connectivity index (χ3n) is 5.89. The van der Waals surface area contributed by atoms with Crippen LogP contribution in [0.25, 0.3) is 0 Å². The summed E-state index contributed by atoms with van der Waals surface area (Å²) in [6.07, 6.45) is -2.78. The number of carbonyl (C=O) groups is 2. The third-order valence-corrected chi connectivity index (χ3v) is 5.89. The van der Waals surface area contributed by atoms with Gasteiger partial charge in [0.05, 0.1) is 24.4 Å². The molecule has 2 amide bonds. The Labute approximate surface area is 230 Å². The van der Waals surface area contributed by atoms with Crippen molar-refractivity contribution in [3.05, 3.63) is 120 Å². The van der Waals surface area contributed by atoms with Crippen LogP contribution in [-0.2, 0) is 17.4 Å². The molecule has 0 bridgehead atoms. The fourth-order valence-electron chi connectivity index (χ4n) is 3.94. The second-order valence-electron chi connectivity index (χ2n) is 8.95. The second kappa shape index (κ2) is 13.3. The van der Waals surface area contributed by atoms with E-state index in [9.17, 15) is 22.8 Å². The zero-order valence-electron chi connectivity index (χ0n) is 21.5. The van der Waals surface area contributed by atoms with Crippen LogP contribution in [0.3, 0.4) is 0 Å². The fourth-order valence-corrected chi connectivity index (χ4v) is 3.94. The molecule has 4 aromatic rings. The normalized spacial score (nSPS) is 11.0. The molecule has 3 N–H and O–H groups in total. The first-order valence-electron chi connectivity index (χ1n) is 12.7. The van der Waals surface area contributed by atoms with Gasteiger partial charge in [0.15, 0.2) is 0 Å². The summed E-state index contributed by atoms with van der Waals surface area (Å²) in [5.41, 5.74) is 1.61. The molecule has 0 aromatic heterocycles. The fraction of sp³-hybridized carbons (Fsp3) is 0.161. The molecule has 4 rings (SSSR count). The lowest BCUT2D eigenvalue weighted by Gasteiger charge is -2.14. The van der Waals surface area contributed by atoms with Crippen LogP contribution < -0.4 is 20.7 Å². The van der Waals surface area contributed by atoms with E-state index >= 15 is 0 Å². The van der Waals surface area contributed by atoms with Gasteiger partial charge in [0.1, 0.15) is 5.75 Å². The van der Waals surface area contributed by atoms with E-state index in [4.69, 9.17) is 4.74 Å². The van der Waals surface area contributed by atoms with Gasteiger partial charge in [0.25, 0.3) is 5.91 Å². The highest BCUT2D eigenvalue weighted by atomic mass is 19.4. The molecular weight excluding hydrogens is 519 g/mol. The van der Waals surface area contributed by atoms with Crippen LogP contribution in [0.2, 0.25) is 0 Å². The van der Waals surface area contributed by atoms with Gasteiger partial charge in [-0.1, -0.05) is 54.6 Å². The van der Waals surface area contributed by atoms with Crippen LogP contribution in [0.15, 0.2) is 103 Å². The first-order chi connectivity index (χ1) is 19.3. The molecular formula is C31H28F3N3O3. The highest BCUT2D eigenvalue weighted by Crippen LogP contribution is 2.31. The molecule has 4 aromatic carbocycles. The third kappa shape index (κ3) is 8.36. The number of halogens is 3. The lowest BCUT2D eigenvalue weighted by molar-refractivity contribution is -0.137. The minimum atomic E-state index is -4.52. The van der Waals surface area contributed by atoms with Gasteiger partial charge >= 0.3 is 6.18 Å². The number of hydrogen-bond donors (Lipinski definition) is 3. The average Bonchev–Trinajstić information content (AvgIpc) is 2.95. The van der Waals surface area contributed by atoms with Crippen LogP contribution in [0, 0.1) is 0 Å². The van der Waals surface area contributed by atoms with Gasteiger partial charge in [-0.15, -0.1) is 0 Å². The Morgan fingerprint density at radius 1 is 0.750 bits per heavy atom. The average molecular weight is 548 g/mol. The number of amides is 2. The van der Waals surface area contributed by atoms with Crippen molar-refractivity contribution >= 4 is 28.9 Å². The van der Waals surface area contributed by atoms with E-state index in [1.807, 2.05) is 42.5 Å². The lowest BCUT2D eigenvalue weighted by Crippen LogP contribution is -2.22. The molecule has 0 unspecified atom stereocenters. The van der Waals surface area contributed by atoms with Crippen LogP contribution in [0.4, 0.5) is 30.2 Å². The van der Waals surface area contributed by atoms with E-state index in [2.05, 4.69) is 28.1 Å². The smallest absolute Gasteiger partial charge is 0.416 e. The monoisotopic (exact) mass is 547 g/mol. The summed E-state index contributed by atoms with van der Waals surface area (Å²) in [6, 6.07) is 28.0. The highest BCUT2D eigenvalue weighted by Gasteiger charge is 2.30. The predicted octanol–water partition coefficient (Wildman–Crippen LogP) is 7.02. The molecule has 0 spiro atoms. The number of ether oxygens (including phenoxy) is 1. The second-order valence-corrected chi connectivity index (χ2v) is 8.95. The molecule has 0 aliphatic heterocycles. The van der Waals surface area contributed by atoms with Crippen molar-refractivity contribution in [2.24, 2.45) is 0 Å². The number of rotatable bonds is 11. The van der Waals surface area contributed by atoms with Gasteiger partial charge in [0.2, 0.25) is 5.91 Å². The first kappa shape index (κ1) is 28.2. The standard InChI is InChI=1S/C31H28F3N3O3/c32-31(33,34)24-13-7-15-26(20-24)37-30(39)23-12-6-14-25(19-23)36-29(38)21-35-27-16-4-5-17-28(27)40-18-8-11-22-9-2-1-3-10-22/h1-7,9-10,12-17,19-20,35H,8,11,18,21H2,(H,36,38)(H,37,39). The zero-order valence-corrected chi connectivity index (χ0v) is 21.5. The van der Waals surface area contributed by atoms with Crippen LogP contribution in [0.1, 0.15) is 27.9 Å². The molecule has 0 atom stereocenters. The molecule has 0 aliphatic carbocycles. The molecule has 6 nitrogen and oxygen atoms in total. The van der Waals surface area contributed by atoms with Gasteiger partial charge in [-0.25, -0.2) is 0 Å². The largest absolute Gasteiger partial charge is 0.491 e.